The van der Waals surface area contributed by atoms with Crippen LogP contribution >= 0.6 is 17.0 Å². The van der Waals surface area contributed by atoms with E-state index >= 15 is 0 Å². The number of carbonyl (C=O) groups excluding carboxylic acids is 1. The number of phenols is 1. The van der Waals surface area contributed by atoms with Gasteiger partial charge >= 0.3 is 0 Å². The summed E-state index contributed by atoms with van der Waals surface area (Å²) in [6.45, 7) is 0. The largest absolute Gasteiger partial charge is 0.508 e. The van der Waals surface area contributed by atoms with Crippen LogP contribution in [0.5, 0.6) is 5.75 Å². The van der Waals surface area contributed by atoms with E-state index in [9.17, 15) is 9.90 Å². The molecule has 4 nitrogen and oxygen atoms in total. The number of nitrogen functional groups attached to an aromatic ring is 1. The Hall–Kier alpha value is -2.14. The Labute approximate surface area is 126 Å². The summed E-state index contributed by atoms with van der Waals surface area (Å²) in [4.78, 5) is 16.1. The molecule has 2 aromatic rings. The molecule has 20 heavy (non-hydrogen) atoms. The monoisotopic (exact) mass is 332 g/mol. The van der Waals surface area contributed by atoms with Crippen molar-refractivity contribution in [2.24, 2.45) is 4.99 Å². The number of carbonyl (C=O) groups is 1. The molecule has 0 spiro atoms. The summed E-state index contributed by atoms with van der Waals surface area (Å²) in [5, 5.41) is 9.28. The first-order valence-corrected chi connectivity index (χ1v) is 5.94. The molecule has 3 rings (SSSR count). The standard InChI is InChI=1S/C15H12N2O2.BrH/c16-13-3-1-2-11-12(13)8-14(17-15(11)19)9-4-6-10(18)7-5-9;/h1-7,18H,8,16H2;1H. The van der Waals surface area contributed by atoms with Gasteiger partial charge in [0.05, 0.1) is 5.71 Å². The molecule has 1 heterocycles. The molecule has 5 heteroatoms. The van der Waals surface area contributed by atoms with Crippen LogP contribution in [-0.4, -0.2) is 16.7 Å². The van der Waals surface area contributed by atoms with E-state index in [0.717, 1.165) is 11.1 Å². The van der Waals surface area contributed by atoms with E-state index in [1.165, 1.54) is 0 Å². The predicted molar refractivity (Wildman–Crippen MR) is 83.9 cm³/mol. The normalized spacial score (nSPS) is 13.2. The molecular weight excluding hydrogens is 320 g/mol. The van der Waals surface area contributed by atoms with Gasteiger partial charge in [-0.25, -0.2) is 4.99 Å². The second kappa shape index (κ2) is 5.46. The number of rotatable bonds is 1. The second-order valence-electron chi connectivity index (χ2n) is 4.46. The number of hydrogen-bond donors (Lipinski definition) is 2. The van der Waals surface area contributed by atoms with Crippen LogP contribution in [0.25, 0.3) is 0 Å². The Morgan fingerprint density at radius 3 is 2.50 bits per heavy atom. The Kier molecular flexibility index (Phi) is 3.90. The first-order valence-electron chi connectivity index (χ1n) is 5.94. The molecule has 0 atom stereocenters. The maximum Gasteiger partial charge on any atom is 0.277 e. The second-order valence-corrected chi connectivity index (χ2v) is 4.46. The molecule has 0 fully saturated rings. The van der Waals surface area contributed by atoms with E-state index in [2.05, 4.69) is 4.99 Å². The highest BCUT2D eigenvalue weighted by atomic mass is 79.9. The molecule has 1 aliphatic rings. The minimum absolute atomic E-state index is 0. The van der Waals surface area contributed by atoms with Gasteiger partial charge in [0.25, 0.3) is 5.91 Å². The maximum absolute atomic E-state index is 12.0. The molecule has 1 aliphatic heterocycles. The molecular formula is C15H13BrN2O2. The van der Waals surface area contributed by atoms with Crippen LogP contribution < -0.4 is 5.73 Å². The molecule has 0 aromatic heterocycles. The summed E-state index contributed by atoms with van der Waals surface area (Å²) in [6, 6.07) is 11.9. The summed E-state index contributed by atoms with van der Waals surface area (Å²) < 4.78 is 0. The van der Waals surface area contributed by atoms with Crippen molar-refractivity contribution in [1.82, 2.24) is 0 Å². The van der Waals surface area contributed by atoms with Crippen molar-refractivity contribution in [2.75, 3.05) is 5.73 Å². The number of nitrogens with zero attached hydrogens (tertiary/aromatic N) is 1. The number of anilines is 1. The topological polar surface area (TPSA) is 75.7 Å². The van der Waals surface area contributed by atoms with E-state index in [0.29, 0.717) is 23.4 Å². The fourth-order valence-corrected chi connectivity index (χ4v) is 2.21. The first kappa shape index (κ1) is 14.3. The number of aliphatic imine (C=N–C) groups is 1. The van der Waals surface area contributed by atoms with Gasteiger partial charge in [-0.2, -0.15) is 0 Å². The number of hydrogen-bond acceptors (Lipinski definition) is 3. The summed E-state index contributed by atoms with van der Waals surface area (Å²) >= 11 is 0. The molecule has 3 N–H and O–H groups in total. The summed E-state index contributed by atoms with van der Waals surface area (Å²) in [7, 11) is 0. The highest BCUT2D eigenvalue weighted by Gasteiger charge is 2.21. The average molecular weight is 333 g/mol. The van der Waals surface area contributed by atoms with Crippen molar-refractivity contribution >= 4 is 34.3 Å². The van der Waals surface area contributed by atoms with Gasteiger partial charge in [-0.05, 0) is 47.5 Å². The van der Waals surface area contributed by atoms with E-state index < -0.39 is 0 Å². The summed E-state index contributed by atoms with van der Waals surface area (Å²) in [5.74, 6) is -0.0805. The van der Waals surface area contributed by atoms with Crippen LogP contribution in [0.3, 0.4) is 0 Å². The Morgan fingerprint density at radius 1 is 1.10 bits per heavy atom. The number of fused-ring (bicyclic) bond motifs is 1. The smallest absolute Gasteiger partial charge is 0.277 e. The molecule has 0 radical (unpaired) electrons. The average Bonchev–Trinajstić information content (AvgIpc) is 2.41. The van der Waals surface area contributed by atoms with Gasteiger partial charge in [-0.1, -0.05) is 6.07 Å². The lowest BCUT2D eigenvalue weighted by molar-refractivity contribution is 0.100. The molecule has 0 bridgehead atoms. The Morgan fingerprint density at radius 2 is 1.80 bits per heavy atom. The first-order chi connectivity index (χ1) is 9.15. The third-order valence-corrected chi connectivity index (χ3v) is 3.22. The van der Waals surface area contributed by atoms with E-state index in [1.54, 1.807) is 42.5 Å². The number of aromatic hydroxyl groups is 1. The van der Waals surface area contributed by atoms with Crippen LogP contribution in [0.15, 0.2) is 47.5 Å². The van der Waals surface area contributed by atoms with Crippen molar-refractivity contribution in [1.29, 1.82) is 0 Å². The third-order valence-electron chi connectivity index (χ3n) is 3.22. The molecule has 0 saturated heterocycles. The van der Waals surface area contributed by atoms with Crippen molar-refractivity contribution in [3.8, 4) is 5.75 Å². The van der Waals surface area contributed by atoms with Crippen LogP contribution in [-0.2, 0) is 6.42 Å². The number of phenolic OH excluding ortho intramolecular Hbond substituents is 1. The predicted octanol–water partition coefficient (Wildman–Crippen LogP) is 2.74. The van der Waals surface area contributed by atoms with Gasteiger partial charge in [0.1, 0.15) is 5.75 Å². The van der Waals surface area contributed by atoms with Gasteiger partial charge in [-0.15, -0.1) is 17.0 Å². The van der Waals surface area contributed by atoms with Gasteiger partial charge in [0, 0.05) is 17.7 Å². The molecule has 0 unspecified atom stereocenters. The minimum Gasteiger partial charge on any atom is -0.508 e. The zero-order valence-corrected chi connectivity index (χ0v) is 12.2. The lowest BCUT2D eigenvalue weighted by Crippen LogP contribution is -2.18. The maximum atomic E-state index is 12.0. The zero-order chi connectivity index (χ0) is 13.4. The number of halogens is 1. The number of benzene rings is 2. The van der Waals surface area contributed by atoms with Crippen LogP contribution in [0.2, 0.25) is 0 Å². The molecule has 2 aromatic carbocycles. The van der Waals surface area contributed by atoms with Gasteiger partial charge in [0.15, 0.2) is 0 Å². The SMILES string of the molecule is Br.Nc1cccc2c1CC(c1ccc(O)cc1)=NC2=O. The Bertz CT molecular complexity index is 694. The van der Waals surface area contributed by atoms with Crippen LogP contribution in [0, 0.1) is 0 Å². The quantitative estimate of drug-likeness (QED) is 0.788. The summed E-state index contributed by atoms with van der Waals surface area (Å²) in [6.07, 6.45) is 0.526. The number of amides is 1. The van der Waals surface area contributed by atoms with Crippen molar-refractivity contribution < 1.29 is 9.90 Å². The fraction of sp³-hybridized carbons (Fsp3) is 0.0667. The van der Waals surface area contributed by atoms with E-state index in [1.807, 2.05) is 0 Å². The van der Waals surface area contributed by atoms with Gasteiger partial charge < -0.3 is 10.8 Å². The van der Waals surface area contributed by atoms with Crippen molar-refractivity contribution in [3.63, 3.8) is 0 Å². The van der Waals surface area contributed by atoms with Crippen LogP contribution in [0.1, 0.15) is 21.5 Å². The summed E-state index contributed by atoms with van der Waals surface area (Å²) in [5.41, 5.74) is 9.42. The minimum atomic E-state index is -0.267. The van der Waals surface area contributed by atoms with Gasteiger partial charge in [-0.3, -0.25) is 4.79 Å². The van der Waals surface area contributed by atoms with Crippen molar-refractivity contribution in [2.45, 2.75) is 6.42 Å². The third kappa shape index (κ3) is 2.44. The number of nitrogens with two attached hydrogens (primary N) is 1. The van der Waals surface area contributed by atoms with E-state index in [4.69, 9.17) is 5.73 Å². The molecule has 102 valence electrons. The zero-order valence-electron chi connectivity index (χ0n) is 10.5. The molecule has 0 aliphatic carbocycles. The van der Waals surface area contributed by atoms with Crippen molar-refractivity contribution in [3.05, 3.63) is 59.2 Å². The van der Waals surface area contributed by atoms with E-state index in [-0.39, 0.29) is 28.6 Å². The van der Waals surface area contributed by atoms with Gasteiger partial charge in [0.2, 0.25) is 0 Å². The molecule has 0 saturated carbocycles. The van der Waals surface area contributed by atoms with Crippen LogP contribution in [0.4, 0.5) is 5.69 Å². The lowest BCUT2D eigenvalue weighted by Gasteiger charge is -2.17. The fourth-order valence-electron chi connectivity index (χ4n) is 2.21. The lowest BCUT2D eigenvalue weighted by atomic mass is 9.93. The Balaban J connectivity index is 0.00000147. The highest BCUT2D eigenvalue weighted by molar-refractivity contribution is 8.93. The molecule has 1 amide bonds. The highest BCUT2D eigenvalue weighted by Crippen LogP contribution is 2.25.